The lowest BCUT2D eigenvalue weighted by atomic mass is 10.0. The minimum Gasteiger partial charge on any atom is -0.508 e. The van der Waals surface area contributed by atoms with Crippen LogP contribution in [0.15, 0.2) is 48.5 Å². The van der Waals surface area contributed by atoms with Crippen molar-refractivity contribution < 1.29 is 29.3 Å². The van der Waals surface area contributed by atoms with Crippen LogP contribution in [-0.2, 0) is 32.0 Å². The number of aryl methyl sites for hydroxylation is 3. The van der Waals surface area contributed by atoms with Crippen LogP contribution in [0, 0.1) is 6.92 Å². The number of rotatable bonds is 13. The molecule has 0 aromatic heterocycles. The summed E-state index contributed by atoms with van der Waals surface area (Å²) in [5.41, 5.74) is 2.84. The van der Waals surface area contributed by atoms with Gasteiger partial charge in [0.05, 0.1) is 19.6 Å². The number of amides is 1. The van der Waals surface area contributed by atoms with Gasteiger partial charge in [0.25, 0.3) is 0 Å². The molecule has 2 unspecified atom stereocenters. The molecule has 2 aromatic carbocycles. The lowest BCUT2D eigenvalue weighted by Crippen LogP contribution is -2.51. The van der Waals surface area contributed by atoms with Crippen molar-refractivity contribution in [1.82, 2.24) is 10.6 Å². The Kier molecular flexibility index (Phi) is 10.4. The van der Waals surface area contributed by atoms with Gasteiger partial charge in [-0.2, -0.15) is 0 Å². The van der Waals surface area contributed by atoms with Crippen molar-refractivity contribution in [3.8, 4) is 5.75 Å². The molecule has 0 saturated heterocycles. The van der Waals surface area contributed by atoms with Crippen molar-refractivity contribution in [2.75, 3.05) is 13.7 Å². The van der Waals surface area contributed by atoms with Gasteiger partial charge in [-0.05, 0) is 61.9 Å². The van der Waals surface area contributed by atoms with E-state index < -0.39 is 36.4 Å². The number of carboxylic acid groups (broad SMARTS) is 1. The highest BCUT2D eigenvalue weighted by Crippen LogP contribution is 2.17. The van der Waals surface area contributed by atoms with Crippen molar-refractivity contribution >= 4 is 17.8 Å². The quantitative estimate of drug-likeness (QED) is 0.269. The number of aromatic hydroxyl groups is 1. The number of phenols is 1. The SMILES string of the molecule is COC(=O)C(CCc1ccccc1)NC(=O)C(CC(=O)O)NCCCc1ccc(O)c(C)c1. The molecule has 2 atom stereocenters. The van der Waals surface area contributed by atoms with Crippen LogP contribution in [0.3, 0.4) is 0 Å². The minimum absolute atomic E-state index is 0.238. The fourth-order valence-corrected chi connectivity index (χ4v) is 3.49. The molecule has 0 aliphatic carbocycles. The zero-order chi connectivity index (χ0) is 24.2. The van der Waals surface area contributed by atoms with Crippen LogP contribution >= 0.6 is 0 Å². The molecule has 2 aromatic rings. The van der Waals surface area contributed by atoms with Crippen molar-refractivity contribution in [1.29, 1.82) is 0 Å². The first kappa shape index (κ1) is 25.9. The van der Waals surface area contributed by atoms with E-state index in [1.165, 1.54) is 7.11 Å². The number of methoxy groups -OCH3 is 1. The number of carboxylic acids is 1. The Labute approximate surface area is 194 Å². The lowest BCUT2D eigenvalue weighted by Gasteiger charge is -2.21. The molecule has 0 aliphatic rings. The van der Waals surface area contributed by atoms with Crippen LogP contribution in [0.1, 0.15) is 36.0 Å². The van der Waals surface area contributed by atoms with Gasteiger partial charge < -0.3 is 25.6 Å². The molecule has 0 spiro atoms. The molecule has 8 heteroatoms. The third kappa shape index (κ3) is 8.94. The number of ether oxygens (including phenoxy) is 1. The van der Waals surface area contributed by atoms with E-state index in [1.54, 1.807) is 6.07 Å². The van der Waals surface area contributed by atoms with E-state index in [1.807, 2.05) is 49.4 Å². The second kappa shape index (κ2) is 13.2. The zero-order valence-corrected chi connectivity index (χ0v) is 19.0. The summed E-state index contributed by atoms with van der Waals surface area (Å²) in [6.07, 6.45) is 1.86. The van der Waals surface area contributed by atoms with Gasteiger partial charge in [-0.3, -0.25) is 9.59 Å². The number of hydrogen-bond donors (Lipinski definition) is 4. The van der Waals surface area contributed by atoms with E-state index in [9.17, 15) is 24.6 Å². The largest absolute Gasteiger partial charge is 0.508 e. The Balaban J connectivity index is 1.93. The normalized spacial score (nSPS) is 12.5. The number of hydrogen-bond acceptors (Lipinski definition) is 6. The highest BCUT2D eigenvalue weighted by Gasteiger charge is 2.27. The standard InChI is InChI=1S/C25H32N2O6/c1-17-15-19(11-13-22(17)28)9-6-14-26-21(16-23(29)30)24(31)27-20(25(32)33-2)12-10-18-7-4-3-5-8-18/h3-5,7-8,11,13,15,20-21,26,28H,6,9-10,12,14,16H2,1-2H3,(H,27,31)(H,29,30). The molecule has 0 heterocycles. The maximum absolute atomic E-state index is 12.8. The van der Waals surface area contributed by atoms with E-state index >= 15 is 0 Å². The van der Waals surface area contributed by atoms with E-state index in [0.29, 0.717) is 32.2 Å². The van der Waals surface area contributed by atoms with Crippen LogP contribution in [0.4, 0.5) is 0 Å². The number of aliphatic carboxylic acids is 1. The molecule has 0 saturated carbocycles. The number of nitrogens with one attached hydrogen (secondary N) is 2. The van der Waals surface area contributed by atoms with Crippen LogP contribution in [0.2, 0.25) is 0 Å². The predicted molar refractivity (Wildman–Crippen MR) is 124 cm³/mol. The average Bonchev–Trinajstić information content (AvgIpc) is 2.80. The predicted octanol–water partition coefficient (Wildman–Crippen LogP) is 2.36. The second-order valence-electron chi connectivity index (χ2n) is 7.94. The summed E-state index contributed by atoms with van der Waals surface area (Å²) in [6.45, 7) is 2.23. The van der Waals surface area contributed by atoms with E-state index in [4.69, 9.17) is 4.74 Å². The molecule has 33 heavy (non-hydrogen) atoms. The molecule has 2 rings (SSSR count). The van der Waals surface area contributed by atoms with Gasteiger partial charge >= 0.3 is 11.9 Å². The molecule has 178 valence electrons. The van der Waals surface area contributed by atoms with Crippen molar-refractivity contribution in [3.63, 3.8) is 0 Å². The van der Waals surface area contributed by atoms with Crippen molar-refractivity contribution in [2.24, 2.45) is 0 Å². The summed E-state index contributed by atoms with van der Waals surface area (Å²) in [4.78, 5) is 36.3. The molecule has 1 amide bonds. The highest BCUT2D eigenvalue weighted by atomic mass is 16.5. The van der Waals surface area contributed by atoms with E-state index in [0.717, 1.165) is 16.7 Å². The lowest BCUT2D eigenvalue weighted by molar-refractivity contribution is -0.145. The van der Waals surface area contributed by atoms with Crippen LogP contribution in [0.25, 0.3) is 0 Å². The first-order valence-corrected chi connectivity index (χ1v) is 11.0. The van der Waals surface area contributed by atoms with Gasteiger partial charge in [0.15, 0.2) is 0 Å². The summed E-state index contributed by atoms with van der Waals surface area (Å²) in [6, 6.07) is 13.1. The van der Waals surface area contributed by atoms with Gasteiger partial charge in [-0.25, -0.2) is 4.79 Å². The van der Waals surface area contributed by atoms with Gasteiger partial charge in [-0.1, -0.05) is 42.5 Å². The zero-order valence-electron chi connectivity index (χ0n) is 19.0. The molecular weight excluding hydrogens is 424 g/mol. The van der Waals surface area contributed by atoms with E-state index in [2.05, 4.69) is 10.6 Å². The van der Waals surface area contributed by atoms with Crippen LogP contribution < -0.4 is 10.6 Å². The molecule has 8 nitrogen and oxygen atoms in total. The van der Waals surface area contributed by atoms with Gasteiger partial charge in [0.2, 0.25) is 5.91 Å². The fourth-order valence-electron chi connectivity index (χ4n) is 3.49. The van der Waals surface area contributed by atoms with Crippen molar-refractivity contribution in [2.45, 2.75) is 51.1 Å². The van der Waals surface area contributed by atoms with Crippen molar-refractivity contribution in [3.05, 3.63) is 65.2 Å². The number of benzene rings is 2. The minimum atomic E-state index is -1.12. The summed E-state index contributed by atoms with van der Waals surface area (Å²) in [5.74, 6) is -2.00. The topological polar surface area (TPSA) is 125 Å². The van der Waals surface area contributed by atoms with Crippen LogP contribution in [-0.4, -0.2) is 53.8 Å². The van der Waals surface area contributed by atoms with E-state index in [-0.39, 0.29) is 5.75 Å². The Morgan fingerprint density at radius 2 is 1.73 bits per heavy atom. The monoisotopic (exact) mass is 456 g/mol. The number of esters is 1. The third-order valence-corrected chi connectivity index (χ3v) is 5.36. The Morgan fingerprint density at radius 3 is 2.36 bits per heavy atom. The van der Waals surface area contributed by atoms with Crippen LogP contribution in [0.5, 0.6) is 5.75 Å². The molecular formula is C25H32N2O6. The summed E-state index contributed by atoms with van der Waals surface area (Å²) < 4.78 is 4.82. The molecule has 4 N–H and O–H groups in total. The molecule has 0 radical (unpaired) electrons. The number of carbonyl (C=O) groups excluding carboxylic acids is 2. The first-order chi connectivity index (χ1) is 15.8. The van der Waals surface area contributed by atoms with Gasteiger partial charge in [0, 0.05) is 0 Å². The molecule has 0 bridgehead atoms. The number of phenolic OH excluding ortho intramolecular Hbond substituents is 1. The Hall–Kier alpha value is -3.39. The third-order valence-electron chi connectivity index (χ3n) is 5.36. The smallest absolute Gasteiger partial charge is 0.328 e. The number of carbonyl (C=O) groups is 3. The average molecular weight is 457 g/mol. The maximum Gasteiger partial charge on any atom is 0.328 e. The highest BCUT2D eigenvalue weighted by molar-refractivity contribution is 5.90. The fraction of sp³-hybridized carbons (Fsp3) is 0.400. The second-order valence-corrected chi connectivity index (χ2v) is 7.94. The molecule has 0 fully saturated rings. The maximum atomic E-state index is 12.8. The summed E-state index contributed by atoms with van der Waals surface area (Å²) in [5, 5.41) is 24.5. The Morgan fingerprint density at radius 1 is 1.00 bits per heavy atom. The first-order valence-electron chi connectivity index (χ1n) is 11.0. The summed E-state index contributed by atoms with van der Waals surface area (Å²) in [7, 11) is 1.25. The summed E-state index contributed by atoms with van der Waals surface area (Å²) >= 11 is 0. The van der Waals surface area contributed by atoms with Gasteiger partial charge in [0.1, 0.15) is 11.8 Å². The van der Waals surface area contributed by atoms with Gasteiger partial charge in [-0.15, -0.1) is 0 Å². The molecule has 0 aliphatic heterocycles. The Bertz CT molecular complexity index is 932.